The minimum Gasteiger partial charge on any atom is -0.363 e. The van der Waals surface area contributed by atoms with Gasteiger partial charge in [0.15, 0.2) is 5.82 Å². The van der Waals surface area contributed by atoms with Gasteiger partial charge in [-0.15, -0.1) is 11.3 Å². The van der Waals surface area contributed by atoms with Crippen LogP contribution in [0.1, 0.15) is 42.3 Å². The lowest BCUT2D eigenvalue weighted by molar-refractivity contribution is -0.116. The second kappa shape index (κ2) is 9.09. The van der Waals surface area contributed by atoms with Crippen molar-refractivity contribution < 1.29 is 14.1 Å². The fourth-order valence-electron chi connectivity index (χ4n) is 2.17. The van der Waals surface area contributed by atoms with Gasteiger partial charge in [0.25, 0.3) is 5.91 Å². The minimum absolute atomic E-state index is 0.00964. The molecule has 0 radical (unpaired) electrons. The number of hydrogen-bond donors (Lipinski definition) is 1. The molecule has 124 valence electrons. The normalized spacial score (nSPS) is 10.5. The van der Waals surface area contributed by atoms with Crippen LogP contribution in [0.4, 0.5) is 5.82 Å². The lowest BCUT2D eigenvalue weighted by Crippen LogP contribution is -2.38. The summed E-state index contributed by atoms with van der Waals surface area (Å²) >= 11 is 1.39. The molecule has 0 spiro atoms. The quantitative estimate of drug-likeness (QED) is 0.713. The van der Waals surface area contributed by atoms with Crippen LogP contribution >= 0.6 is 11.3 Å². The van der Waals surface area contributed by atoms with E-state index in [1.54, 1.807) is 17.0 Å². The Kier molecular flexibility index (Phi) is 6.80. The van der Waals surface area contributed by atoms with Crippen LogP contribution < -0.4 is 5.32 Å². The molecule has 0 aliphatic carbocycles. The lowest BCUT2D eigenvalue weighted by atomic mass is 10.2. The zero-order chi connectivity index (χ0) is 16.5. The Bertz CT molecular complexity index is 596. The second-order valence-electron chi connectivity index (χ2n) is 5.20. The highest BCUT2D eigenvalue weighted by atomic mass is 32.1. The molecule has 2 aromatic heterocycles. The van der Waals surface area contributed by atoms with Crippen LogP contribution in [0.5, 0.6) is 0 Å². The first kappa shape index (κ1) is 17.2. The van der Waals surface area contributed by atoms with Gasteiger partial charge in [-0.1, -0.05) is 37.4 Å². The van der Waals surface area contributed by atoms with E-state index in [0.29, 0.717) is 17.2 Å². The Labute approximate surface area is 139 Å². The number of carbonyl (C=O) groups is 2. The maximum absolute atomic E-state index is 12.5. The molecule has 0 bridgehead atoms. The second-order valence-corrected chi connectivity index (χ2v) is 6.15. The number of rotatable bonds is 9. The molecule has 0 aliphatic heterocycles. The molecule has 0 saturated heterocycles. The van der Waals surface area contributed by atoms with E-state index in [-0.39, 0.29) is 18.4 Å². The van der Waals surface area contributed by atoms with Gasteiger partial charge in [-0.2, -0.15) is 0 Å². The van der Waals surface area contributed by atoms with E-state index in [1.165, 1.54) is 17.6 Å². The van der Waals surface area contributed by atoms with Crippen molar-refractivity contribution in [2.45, 2.75) is 32.6 Å². The minimum atomic E-state index is -0.278. The molecule has 7 heteroatoms. The van der Waals surface area contributed by atoms with E-state index in [9.17, 15) is 9.59 Å². The van der Waals surface area contributed by atoms with Crippen LogP contribution in [0.25, 0.3) is 0 Å². The summed E-state index contributed by atoms with van der Waals surface area (Å²) in [6.07, 6.45) is 5.59. The average molecular weight is 335 g/mol. The standard InChI is InChI=1S/C16H21N3O3S/c1-2-3-4-5-9-19(16(21)13-7-6-11-23-13)12-15(20)17-14-8-10-22-18-14/h6-8,10-11H,2-5,9,12H2,1H3,(H,17,18,20). The topological polar surface area (TPSA) is 75.4 Å². The van der Waals surface area contributed by atoms with Crippen LogP contribution in [0.15, 0.2) is 34.4 Å². The summed E-state index contributed by atoms with van der Waals surface area (Å²) in [7, 11) is 0. The van der Waals surface area contributed by atoms with Gasteiger partial charge in [-0.05, 0) is 17.9 Å². The molecule has 23 heavy (non-hydrogen) atoms. The van der Waals surface area contributed by atoms with Gasteiger partial charge < -0.3 is 14.7 Å². The molecule has 0 unspecified atom stereocenters. The third kappa shape index (κ3) is 5.52. The number of aromatic nitrogens is 1. The Morgan fingerprint density at radius 2 is 2.17 bits per heavy atom. The Hall–Kier alpha value is -2.15. The van der Waals surface area contributed by atoms with Crippen LogP contribution in [0.3, 0.4) is 0 Å². The van der Waals surface area contributed by atoms with Crippen molar-refractivity contribution in [3.63, 3.8) is 0 Å². The van der Waals surface area contributed by atoms with Crippen molar-refractivity contribution in [2.24, 2.45) is 0 Å². The third-order valence-electron chi connectivity index (χ3n) is 3.34. The van der Waals surface area contributed by atoms with Gasteiger partial charge in [0.05, 0.1) is 4.88 Å². The molecule has 0 atom stereocenters. The van der Waals surface area contributed by atoms with Gasteiger partial charge in [-0.3, -0.25) is 9.59 Å². The number of nitrogens with zero attached hydrogens (tertiary/aromatic N) is 2. The van der Waals surface area contributed by atoms with Crippen molar-refractivity contribution >= 4 is 29.0 Å². The molecular weight excluding hydrogens is 314 g/mol. The predicted molar refractivity (Wildman–Crippen MR) is 89.5 cm³/mol. The maximum Gasteiger partial charge on any atom is 0.264 e. The zero-order valence-electron chi connectivity index (χ0n) is 13.2. The van der Waals surface area contributed by atoms with Gasteiger partial charge in [0.2, 0.25) is 5.91 Å². The summed E-state index contributed by atoms with van der Waals surface area (Å²) in [4.78, 5) is 26.9. The summed E-state index contributed by atoms with van der Waals surface area (Å²) in [5.41, 5.74) is 0. The van der Waals surface area contributed by atoms with Crippen LogP contribution in [0, 0.1) is 0 Å². The summed E-state index contributed by atoms with van der Waals surface area (Å²) < 4.78 is 4.67. The first-order chi connectivity index (χ1) is 11.2. The summed E-state index contributed by atoms with van der Waals surface area (Å²) in [6.45, 7) is 2.72. The van der Waals surface area contributed by atoms with Crippen LogP contribution in [0.2, 0.25) is 0 Å². The van der Waals surface area contributed by atoms with E-state index in [4.69, 9.17) is 0 Å². The number of amides is 2. The number of hydrogen-bond acceptors (Lipinski definition) is 5. The molecule has 0 aromatic carbocycles. The number of nitrogens with one attached hydrogen (secondary N) is 1. The number of anilines is 1. The van der Waals surface area contributed by atoms with Crippen molar-refractivity contribution in [3.05, 3.63) is 34.7 Å². The molecule has 2 rings (SSSR count). The average Bonchev–Trinajstić information content (AvgIpc) is 3.22. The molecular formula is C16H21N3O3S. The summed E-state index contributed by atoms with van der Waals surface area (Å²) in [6, 6.07) is 5.18. The SMILES string of the molecule is CCCCCCN(CC(=O)Nc1ccon1)C(=O)c1cccs1. The van der Waals surface area contributed by atoms with E-state index in [0.717, 1.165) is 25.7 Å². The Balaban J connectivity index is 1.94. The molecule has 0 fully saturated rings. The number of thiophene rings is 1. The zero-order valence-corrected chi connectivity index (χ0v) is 14.0. The molecule has 2 amide bonds. The van der Waals surface area contributed by atoms with Crippen molar-refractivity contribution in [1.82, 2.24) is 10.1 Å². The molecule has 2 heterocycles. The summed E-state index contributed by atoms with van der Waals surface area (Å²) in [5.74, 6) is -0.0318. The van der Waals surface area contributed by atoms with Gasteiger partial charge in [0, 0.05) is 12.6 Å². The highest BCUT2D eigenvalue weighted by Crippen LogP contribution is 2.13. The van der Waals surface area contributed by atoms with Crippen LogP contribution in [-0.2, 0) is 4.79 Å². The molecule has 0 saturated carbocycles. The smallest absolute Gasteiger partial charge is 0.264 e. The van der Waals surface area contributed by atoms with Crippen molar-refractivity contribution in [3.8, 4) is 0 Å². The Morgan fingerprint density at radius 3 is 2.83 bits per heavy atom. The Morgan fingerprint density at radius 1 is 1.30 bits per heavy atom. The fraction of sp³-hybridized carbons (Fsp3) is 0.438. The maximum atomic E-state index is 12.5. The first-order valence-electron chi connectivity index (χ1n) is 7.73. The fourth-order valence-corrected chi connectivity index (χ4v) is 2.86. The molecule has 6 nitrogen and oxygen atoms in total. The monoisotopic (exact) mass is 335 g/mol. The van der Waals surface area contributed by atoms with E-state index >= 15 is 0 Å². The van der Waals surface area contributed by atoms with Gasteiger partial charge in [0.1, 0.15) is 12.8 Å². The first-order valence-corrected chi connectivity index (χ1v) is 8.61. The predicted octanol–water partition coefficient (Wildman–Crippen LogP) is 3.40. The third-order valence-corrected chi connectivity index (χ3v) is 4.20. The largest absolute Gasteiger partial charge is 0.363 e. The van der Waals surface area contributed by atoms with E-state index in [1.807, 2.05) is 11.4 Å². The molecule has 1 N–H and O–H groups in total. The number of carbonyl (C=O) groups excluding carboxylic acids is 2. The summed E-state index contributed by atoms with van der Waals surface area (Å²) in [5, 5.41) is 8.12. The van der Waals surface area contributed by atoms with E-state index < -0.39 is 0 Å². The van der Waals surface area contributed by atoms with Crippen molar-refractivity contribution in [2.75, 3.05) is 18.4 Å². The van der Waals surface area contributed by atoms with Crippen molar-refractivity contribution in [1.29, 1.82) is 0 Å². The molecule has 2 aromatic rings. The highest BCUT2D eigenvalue weighted by Gasteiger charge is 2.19. The van der Waals surface area contributed by atoms with E-state index in [2.05, 4.69) is 21.9 Å². The van der Waals surface area contributed by atoms with Gasteiger partial charge >= 0.3 is 0 Å². The number of unbranched alkanes of at least 4 members (excludes halogenated alkanes) is 3. The van der Waals surface area contributed by atoms with Gasteiger partial charge in [-0.25, -0.2) is 0 Å². The lowest BCUT2D eigenvalue weighted by Gasteiger charge is -2.21. The molecule has 0 aliphatic rings. The van der Waals surface area contributed by atoms with Crippen LogP contribution in [-0.4, -0.2) is 35.0 Å². The highest BCUT2D eigenvalue weighted by molar-refractivity contribution is 7.12.